The highest BCUT2D eigenvalue weighted by Gasteiger charge is 2.25. The van der Waals surface area contributed by atoms with Gasteiger partial charge in [0, 0.05) is 11.8 Å². The molecule has 0 fully saturated rings. The average molecular weight is 268 g/mol. The van der Waals surface area contributed by atoms with Gasteiger partial charge in [-0.2, -0.15) is 10.1 Å². The Hall–Kier alpha value is -2.43. The number of hydrogen-bond acceptors (Lipinski definition) is 4. The van der Waals surface area contributed by atoms with Gasteiger partial charge >= 0.3 is 0 Å². The van der Waals surface area contributed by atoms with E-state index in [4.69, 9.17) is 0 Å². The first-order valence-corrected chi connectivity index (χ1v) is 6.65. The zero-order valence-electron chi connectivity index (χ0n) is 11.3. The van der Waals surface area contributed by atoms with Gasteiger partial charge in [0.1, 0.15) is 5.84 Å². The van der Waals surface area contributed by atoms with Gasteiger partial charge in [0.15, 0.2) is 0 Å². The van der Waals surface area contributed by atoms with Crippen molar-refractivity contribution in [3.05, 3.63) is 47.7 Å². The fourth-order valence-electron chi connectivity index (χ4n) is 2.19. The van der Waals surface area contributed by atoms with Gasteiger partial charge in [-0.3, -0.25) is 9.79 Å². The Labute approximate surface area is 117 Å². The normalized spacial score (nSPS) is 21.9. The number of allylic oxidation sites excluding steroid dienone is 6. The monoisotopic (exact) mass is 268 g/mol. The van der Waals surface area contributed by atoms with E-state index in [0.29, 0.717) is 18.9 Å². The number of hydrogen-bond donors (Lipinski definition) is 1. The minimum atomic E-state index is -0.155. The molecule has 5 heteroatoms. The third-order valence-corrected chi connectivity index (χ3v) is 3.27. The van der Waals surface area contributed by atoms with Crippen LogP contribution in [0.1, 0.15) is 13.3 Å². The summed E-state index contributed by atoms with van der Waals surface area (Å²) in [4.78, 5) is 16.6. The number of carbonyl (C=O) groups is 1. The molecule has 3 rings (SSSR count). The molecule has 0 spiro atoms. The smallest absolute Gasteiger partial charge is 0.274 e. The van der Waals surface area contributed by atoms with Crippen LogP contribution in [-0.2, 0) is 4.79 Å². The largest absolute Gasteiger partial charge is 0.381 e. The molecule has 20 heavy (non-hydrogen) atoms. The molecule has 102 valence electrons. The number of hydrazone groups is 1. The van der Waals surface area contributed by atoms with Gasteiger partial charge in [-0.05, 0) is 18.9 Å². The number of nitrogens with zero attached hydrogens (tertiary/aromatic N) is 3. The third-order valence-electron chi connectivity index (χ3n) is 3.27. The first-order valence-electron chi connectivity index (χ1n) is 6.65. The Morgan fingerprint density at radius 3 is 3.15 bits per heavy atom. The van der Waals surface area contributed by atoms with E-state index in [2.05, 4.69) is 27.6 Å². The average Bonchev–Trinajstić information content (AvgIpc) is 2.79. The molecular formula is C15H16N4O. The number of amidine groups is 1. The van der Waals surface area contributed by atoms with Gasteiger partial charge < -0.3 is 5.32 Å². The van der Waals surface area contributed by atoms with E-state index in [1.165, 1.54) is 5.01 Å². The van der Waals surface area contributed by atoms with E-state index in [1.807, 2.05) is 25.2 Å². The first-order chi connectivity index (χ1) is 9.74. The molecular weight excluding hydrogens is 252 g/mol. The zero-order chi connectivity index (χ0) is 13.9. The summed E-state index contributed by atoms with van der Waals surface area (Å²) in [5, 5.41) is 9.01. The van der Waals surface area contributed by atoms with Crippen LogP contribution in [0, 0.1) is 0 Å². The van der Waals surface area contributed by atoms with Crippen LogP contribution in [0.25, 0.3) is 0 Å². The van der Waals surface area contributed by atoms with Crippen molar-refractivity contribution in [1.82, 2.24) is 10.3 Å². The van der Waals surface area contributed by atoms with Crippen LogP contribution >= 0.6 is 0 Å². The summed E-state index contributed by atoms with van der Waals surface area (Å²) < 4.78 is 0. The molecule has 2 aliphatic heterocycles. The summed E-state index contributed by atoms with van der Waals surface area (Å²) in [5.41, 5.74) is 2.66. The van der Waals surface area contributed by atoms with Crippen molar-refractivity contribution < 1.29 is 4.79 Å². The van der Waals surface area contributed by atoms with Crippen molar-refractivity contribution >= 4 is 17.5 Å². The van der Waals surface area contributed by atoms with E-state index in [-0.39, 0.29) is 5.91 Å². The zero-order valence-corrected chi connectivity index (χ0v) is 11.3. The quantitative estimate of drug-likeness (QED) is 0.784. The van der Waals surface area contributed by atoms with Gasteiger partial charge in [0.25, 0.3) is 5.91 Å². The molecule has 1 N–H and O–H groups in total. The summed E-state index contributed by atoms with van der Waals surface area (Å²) in [6, 6.07) is 0. The molecule has 1 amide bonds. The van der Waals surface area contributed by atoms with Gasteiger partial charge in [0.05, 0.1) is 18.8 Å². The van der Waals surface area contributed by atoms with Crippen molar-refractivity contribution in [1.29, 1.82) is 0 Å². The number of amides is 1. The molecule has 0 radical (unpaired) electrons. The summed E-state index contributed by atoms with van der Waals surface area (Å²) in [5.74, 6) is 0.512. The molecule has 0 saturated heterocycles. The molecule has 5 nitrogen and oxygen atoms in total. The molecule has 3 aliphatic rings. The van der Waals surface area contributed by atoms with Crippen LogP contribution in [0.15, 0.2) is 57.8 Å². The number of aliphatic imine (C=N–C) groups is 1. The molecule has 0 aromatic heterocycles. The fourth-order valence-corrected chi connectivity index (χ4v) is 2.19. The van der Waals surface area contributed by atoms with E-state index in [1.54, 1.807) is 6.08 Å². The predicted octanol–water partition coefficient (Wildman–Crippen LogP) is 1.53. The molecule has 1 aliphatic carbocycles. The Balaban J connectivity index is 1.92. The maximum atomic E-state index is 12.1. The fraction of sp³-hybridized carbons (Fsp3) is 0.267. The van der Waals surface area contributed by atoms with Crippen molar-refractivity contribution in [3.8, 4) is 0 Å². The second kappa shape index (κ2) is 5.28. The van der Waals surface area contributed by atoms with Crippen LogP contribution in [0.5, 0.6) is 0 Å². The van der Waals surface area contributed by atoms with E-state index in [9.17, 15) is 4.79 Å². The molecule has 2 heterocycles. The van der Waals surface area contributed by atoms with Crippen LogP contribution < -0.4 is 5.32 Å². The van der Waals surface area contributed by atoms with Crippen LogP contribution in [0.3, 0.4) is 0 Å². The van der Waals surface area contributed by atoms with Crippen molar-refractivity contribution in [2.75, 3.05) is 13.1 Å². The summed E-state index contributed by atoms with van der Waals surface area (Å²) in [7, 11) is 0. The molecule has 0 bridgehead atoms. The summed E-state index contributed by atoms with van der Waals surface area (Å²) in [6.45, 7) is 2.90. The standard InChI is InChI=1S/C15H16N4O/c1-11-8-15(20)19-14(10-16-11)17-9-13(18-19)12-6-4-2-3-5-7-12/h2,4-8,16H,3,9-10H2,1H3. The number of carbonyl (C=O) groups excluding carboxylic acids is 1. The predicted molar refractivity (Wildman–Crippen MR) is 79.3 cm³/mol. The lowest BCUT2D eigenvalue weighted by molar-refractivity contribution is -0.122. The Kier molecular flexibility index (Phi) is 3.33. The number of nitrogens with one attached hydrogen (secondary N) is 1. The number of rotatable bonds is 1. The molecule has 0 aromatic rings. The first kappa shape index (κ1) is 12.6. The van der Waals surface area contributed by atoms with E-state index >= 15 is 0 Å². The van der Waals surface area contributed by atoms with Gasteiger partial charge in [-0.25, -0.2) is 0 Å². The van der Waals surface area contributed by atoms with Gasteiger partial charge in [-0.15, -0.1) is 0 Å². The van der Waals surface area contributed by atoms with Crippen molar-refractivity contribution in [3.63, 3.8) is 0 Å². The highest BCUT2D eigenvalue weighted by atomic mass is 16.2. The maximum Gasteiger partial charge on any atom is 0.274 e. The van der Waals surface area contributed by atoms with E-state index in [0.717, 1.165) is 23.4 Å². The van der Waals surface area contributed by atoms with Crippen LogP contribution in [0.4, 0.5) is 0 Å². The van der Waals surface area contributed by atoms with Crippen LogP contribution in [0.2, 0.25) is 0 Å². The third kappa shape index (κ3) is 2.47. The lowest BCUT2D eigenvalue weighted by Gasteiger charge is -2.22. The SMILES string of the molecule is CC1=CC(=O)N2N=C(C3=CC=CCC=C3)CN=C2CN1. The van der Waals surface area contributed by atoms with E-state index < -0.39 is 0 Å². The number of fused-ring (bicyclic) bond motifs is 1. The summed E-state index contributed by atoms with van der Waals surface area (Å²) in [6.07, 6.45) is 12.7. The maximum absolute atomic E-state index is 12.1. The Morgan fingerprint density at radius 2 is 2.25 bits per heavy atom. The Bertz CT molecular complexity index is 620. The second-order valence-electron chi connectivity index (χ2n) is 4.80. The lowest BCUT2D eigenvalue weighted by atomic mass is 10.1. The van der Waals surface area contributed by atoms with Gasteiger partial charge in [-0.1, -0.05) is 30.4 Å². The van der Waals surface area contributed by atoms with Crippen molar-refractivity contribution in [2.45, 2.75) is 13.3 Å². The topological polar surface area (TPSA) is 57.1 Å². The van der Waals surface area contributed by atoms with Crippen LogP contribution in [-0.4, -0.2) is 35.6 Å². The Morgan fingerprint density at radius 1 is 1.35 bits per heavy atom. The highest BCUT2D eigenvalue weighted by molar-refractivity contribution is 6.12. The lowest BCUT2D eigenvalue weighted by Crippen LogP contribution is -2.39. The molecule has 0 atom stereocenters. The minimum absolute atomic E-state index is 0.155. The van der Waals surface area contributed by atoms with Gasteiger partial charge in [0.2, 0.25) is 0 Å². The molecule has 0 unspecified atom stereocenters. The molecule has 0 saturated carbocycles. The highest BCUT2D eigenvalue weighted by Crippen LogP contribution is 2.14. The summed E-state index contributed by atoms with van der Waals surface area (Å²) >= 11 is 0. The van der Waals surface area contributed by atoms with Crippen molar-refractivity contribution in [2.24, 2.45) is 10.1 Å². The second-order valence-corrected chi connectivity index (χ2v) is 4.80. The minimum Gasteiger partial charge on any atom is -0.381 e. The molecule has 0 aromatic carbocycles.